The van der Waals surface area contributed by atoms with E-state index in [0.717, 1.165) is 0 Å². The summed E-state index contributed by atoms with van der Waals surface area (Å²) in [5, 5.41) is 6.60. The zero-order chi connectivity index (χ0) is 14.6. The number of halogens is 4. The summed E-state index contributed by atoms with van der Waals surface area (Å²) in [6.45, 7) is 0.352. The molecule has 0 fully saturated rings. The lowest BCUT2D eigenvalue weighted by Gasteiger charge is -2.07. The Bertz CT molecular complexity index is 457. The molecule has 19 heavy (non-hydrogen) atoms. The number of hydrogen-bond acceptors (Lipinski definition) is 3. The van der Waals surface area contributed by atoms with Crippen LogP contribution in [0.5, 0.6) is 0 Å². The maximum Gasteiger partial charge on any atom is 0.401 e. The molecule has 0 aliphatic heterocycles. The molecule has 0 unspecified atom stereocenters. The number of Topliss-reactive ketones (excluding diaryl/α,β-unsaturated/α-hetero) is 1. The van der Waals surface area contributed by atoms with Gasteiger partial charge in [-0.25, -0.2) is 0 Å². The lowest BCUT2D eigenvalue weighted by molar-refractivity contribution is -0.127. The standard InChI is InChI=1S/C11H15ClF3N3O/c1-3-8-10(12)9(18(2)17-8)4-7(19)5-16-6-11(13,14)15/h16H,3-6H2,1-2H3. The summed E-state index contributed by atoms with van der Waals surface area (Å²) in [4.78, 5) is 11.6. The fraction of sp³-hybridized carbons (Fsp3) is 0.636. The van der Waals surface area contributed by atoms with E-state index in [0.29, 0.717) is 22.8 Å². The highest BCUT2D eigenvalue weighted by atomic mass is 35.5. The fourth-order valence-electron chi connectivity index (χ4n) is 1.60. The first kappa shape index (κ1) is 16.0. The van der Waals surface area contributed by atoms with E-state index in [1.807, 2.05) is 6.92 Å². The maximum absolute atomic E-state index is 11.9. The summed E-state index contributed by atoms with van der Waals surface area (Å²) < 4.78 is 37.2. The van der Waals surface area contributed by atoms with Gasteiger partial charge in [0.05, 0.1) is 35.9 Å². The Morgan fingerprint density at radius 1 is 1.47 bits per heavy atom. The molecule has 0 saturated heterocycles. The van der Waals surface area contributed by atoms with Gasteiger partial charge in [0.25, 0.3) is 0 Å². The van der Waals surface area contributed by atoms with Crippen LogP contribution in [0.4, 0.5) is 13.2 Å². The van der Waals surface area contributed by atoms with Crippen LogP contribution in [0.2, 0.25) is 5.02 Å². The highest BCUT2D eigenvalue weighted by Crippen LogP contribution is 2.21. The van der Waals surface area contributed by atoms with E-state index in [4.69, 9.17) is 11.6 Å². The number of nitrogens with one attached hydrogen (secondary N) is 1. The molecule has 0 aliphatic rings. The van der Waals surface area contributed by atoms with E-state index in [-0.39, 0.29) is 18.7 Å². The van der Waals surface area contributed by atoms with Gasteiger partial charge < -0.3 is 5.32 Å². The van der Waals surface area contributed by atoms with Crippen molar-refractivity contribution >= 4 is 17.4 Å². The Hall–Kier alpha value is -1.08. The molecule has 1 heterocycles. The van der Waals surface area contributed by atoms with E-state index in [2.05, 4.69) is 10.4 Å². The summed E-state index contributed by atoms with van der Waals surface area (Å²) in [7, 11) is 1.65. The Kier molecular flexibility index (Phi) is 5.37. The second-order valence-corrected chi connectivity index (χ2v) is 4.50. The molecule has 8 heteroatoms. The van der Waals surface area contributed by atoms with Crippen molar-refractivity contribution in [3.63, 3.8) is 0 Å². The average molecular weight is 298 g/mol. The van der Waals surface area contributed by atoms with Crippen LogP contribution in [-0.4, -0.2) is 34.8 Å². The van der Waals surface area contributed by atoms with Gasteiger partial charge in [0, 0.05) is 7.05 Å². The second kappa shape index (κ2) is 6.38. The van der Waals surface area contributed by atoms with E-state index in [1.54, 1.807) is 7.05 Å². The topological polar surface area (TPSA) is 46.9 Å². The van der Waals surface area contributed by atoms with Gasteiger partial charge in [0.1, 0.15) is 0 Å². The molecule has 0 atom stereocenters. The Morgan fingerprint density at radius 3 is 2.58 bits per heavy atom. The average Bonchev–Trinajstić information content (AvgIpc) is 2.54. The molecule has 0 bridgehead atoms. The van der Waals surface area contributed by atoms with Crippen molar-refractivity contribution in [2.45, 2.75) is 25.9 Å². The van der Waals surface area contributed by atoms with Crippen LogP contribution in [0.3, 0.4) is 0 Å². The number of rotatable bonds is 6. The normalized spacial score (nSPS) is 11.9. The first-order valence-electron chi connectivity index (χ1n) is 5.74. The van der Waals surface area contributed by atoms with Crippen LogP contribution in [0.25, 0.3) is 0 Å². The van der Waals surface area contributed by atoms with E-state index in [9.17, 15) is 18.0 Å². The van der Waals surface area contributed by atoms with E-state index < -0.39 is 12.7 Å². The van der Waals surface area contributed by atoms with Crippen LogP contribution in [-0.2, 0) is 24.7 Å². The van der Waals surface area contributed by atoms with Crippen LogP contribution >= 0.6 is 11.6 Å². The number of ketones is 1. The molecule has 0 saturated carbocycles. The first-order valence-corrected chi connectivity index (χ1v) is 6.11. The molecule has 0 aromatic carbocycles. The third-order valence-corrected chi connectivity index (χ3v) is 2.95. The fourth-order valence-corrected chi connectivity index (χ4v) is 1.97. The van der Waals surface area contributed by atoms with Crippen molar-refractivity contribution in [2.75, 3.05) is 13.1 Å². The van der Waals surface area contributed by atoms with Gasteiger partial charge in [-0.1, -0.05) is 18.5 Å². The molecular weight excluding hydrogens is 283 g/mol. The number of alkyl halides is 3. The van der Waals surface area contributed by atoms with E-state index in [1.165, 1.54) is 4.68 Å². The molecule has 4 nitrogen and oxygen atoms in total. The molecule has 0 radical (unpaired) electrons. The van der Waals surface area contributed by atoms with E-state index >= 15 is 0 Å². The third-order valence-electron chi connectivity index (χ3n) is 2.52. The van der Waals surface area contributed by atoms with Crippen LogP contribution < -0.4 is 5.32 Å². The van der Waals surface area contributed by atoms with Crippen molar-refractivity contribution in [2.24, 2.45) is 7.05 Å². The minimum Gasteiger partial charge on any atom is -0.302 e. The van der Waals surface area contributed by atoms with Crippen LogP contribution in [0.15, 0.2) is 0 Å². The molecule has 0 amide bonds. The Balaban J connectivity index is 2.56. The molecular formula is C11H15ClF3N3O. The Labute approximate surface area is 113 Å². The largest absolute Gasteiger partial charge is 0.401 e. The molecule has 1 rings (SSSR count). The molecule has 0 spiro atoms. The molecule has 1 N–H and O–H groups in total. The monoisotopic (exact) mass is 297 g/mol. The van der Waals surface area contributed by atoms with Crippen LogP contribution in [0, 0.1) is 0 Å². The molecule has 108 valence electrons. The van der Waals surface area contributed by atoms with Crippen molar-refractivity contribution in [1.29, 1.82) is 0 Å². The number of carbonyl (C=O) groups is 1. The summed E-state index contributed by atoms with van der Waals surface area (Å²) >= 11 is 6.04. The van der Waals surface area contributed by atoms with Gasteiger partial charge in [0.15, 0.2) is 5.78 Å². The minimum atomic E-state index is -4.32. The van der Waals surface area contributed by atoms with Gasteiger partial charge in [-0.3, -0.25) is 9.48 Å². The van der Waals surface area contributed by atoms with Crippen molar-refractivity contribution in [3.8, 4) is 0 Å². The predicted octanol–water partition coefficient (Wildman–Crippen LogP) is 1.90. The molecule has 1 aromatic rings. The summed E-state index contributed by atoms with van der Waals surface area (Å²) in [6.07, 6.45) is -3.72. The summed E-state index contributed by atoms with van der Waals surface area (Å²) in [5.41, 5.74) is 1.20. The number of hydrogen-bond donors (Lipinski definition) is 1. The zero-order valence-corrected chi connectivity index (χ0v) is 11.4. The quantitative estimate of drug-likeness (QED) is 0.872. The molecule has 1 aromatic heterocycles. The molecule has 0 aliphatic carbocycles. The summed E-state index contributed by atoms with van der Waals surface area (Å²) in [6, 6.07) is 0. The zero-order valence-electron chi connectivity index (χ0n) is 10.6. The number of nitrogens with zero attached hydrogens (tertiary/aromatic N) is 2. The number of carbonyl (C=O) groups excluding carboxylic acids is 1. The van der Waals surface area contributed by atoms with Gasteiger partial charge in [-0.05, 0) is 6.42 Å². The van der Waals surface area contributed by atoms with Gasteiger partial charge >= 0.3 is 6.18 Å². The minimum absolute atomic E-state index is 0.0345. The number of aryl methyl sites for hydroxylation is 2. The van der Waals surface area contributed by atoms with Crippen molar-refractivity contribution in [1.82, 2.24) is 15.1 Å². The SMILES string of the molecule is CCc1nn(C)c(CC(=O)CNCC(F)(F)F)c1Cl. The number of aromatic nitrogens is 2. The third kappa shape index (κ3) is 4.83. The highest BCUT2D eigenvalue weighted by molar-refractivity contribution is 6.32. The smallest absolute Gasteiger partial charge is 0.302 e. The van der Waals surface area contributed by atoms with Crippen molar-refractivity contribution in [3.05, 3.63) is 16.4 Å². The first-order chi connectivity index (χ1) is 8.74. The van der Waals surface area contributed by atoms with Crippen molar-refractivity contribution < 1.29 is 18.0 Å². The lowest BCUT2D eigenvalue weighted by atomic mass is 10.2. The van der Waals surface area contributed by atoms with Crippen LogP contribution in [0.1, 0.15) is 18.3 Å². The second-order valence-electron chi connectivity index (χ2n) is 4.12. The van der Waals surface area contributed by atoms with Gasteiger partial charge in [0.2, 0.25) is 0 Å². The Morgan fingerprint density at radius 2 is 2.11 bits per heavy atom. The van der Waals surface area contributed by atoms with Gasteiger partial charge in [-0.2, -0.15) is 18.3 Å². The van der Waals surface area contributed by atoms with Gasteiger partial charge in [-0.15, -0.1) is 0 Å². The highest BCUT2D eigenvalue weighted by Gasteiger charge is 2.26. The predicted molar refractivity (Wildman–Crippen MR) is 65.2 cm³/mol. The maximum atomic E-state index is 11.9. The summed E-state index contributed by atoms with van der Waals surface area (Å²) in [5.74, 6) is -0.364. The lowest BCUT2D eigenvalue weighted by Crippen LogP contribution is -2.33.